The Bertz CT molecular complexity index is 1420. The Labute approximate surface area is 260 Å². The summed E-state index contributed by atoms with van der Waals surface area (Å²) in [4.78, 5) is 13.5. The minimum atomic E-state index is -0.359. The molecule has 0 aliphatic rings. The SMILES string of the molecule is CC(=CCSCc1c(-c2ccc(O)c(O)c2)oc2c(O)cc(O)cc2c1=O)CCC[C@H](C)CCC[C@H](C)CCCC(C)C. The van der Waals surface area contributed by atoms with E-state index in [1.807, 2.05) is 0 Å². The molecule has 3 aromatic rings. The van der Waals surface area contributed by atoms with Crippen LogP contribution in [-0.4, -0.2) is 26.2 Å². The summed E-state index contributed by atoms with van der Waals surface area (Å²) < 4.78 is 5.98. The maximum absolute atomic E-state index is 13.5. The molecule has 236 valence electrons. The fourth-order valence-electron chi connectivity index (χ4n) is 5.50. The molecule has 6 nitrogen and oxygen atoms in total. The quantitative estimate of drug-likeness (QED) is 0.0684. The van der Waals surface area contributed by atoms with Crippen molar-refractivity contribution < 1.29 is 24.8 Å². The number of hydrogen-bond acceptors (Lipinski definition) is 7. The van der Waals surface area contributed by atoms with Crippen molar-refractivity contribution in [2.45, 2.75) is 98.2 Å². The van der Waals surface area contributed by atoms with Crippen LogP contribution in [0.4, 0.5) is 0 Å². The Morgan fingerprint density at radius 1 is 0.837 bits per heavy atom. The predicted octanol–water partition coefficient (Wildman–Crippen LogP) is 9.90. The van der Waals surface area contributed by atoms with E-state index >= 15 is 0 Å². The smallest absolute Gasteiger partial charge is 0.197 e. The van der Waals surface area contributed by atoms with E-state index in [9.17, 15) is 25.2 Å². The lowest BCUT2D eigenvalue weighted by Crippen LogP contribution is -2.10. The van der Waals surface area contributed by atoms with Crippen LogP contribution in [0.1, 0.15) is 98.0 Å². The van der Waals surface area contributed by atoms with E-state index in [1.165, 1.54) is 75.1 Å². The maximum atomic E-state index is 13.5. The highest BCUT2D eigenvalue weighted by molar-refractivity contribution is 7.98. The zero-order valence-corrected chi connectivity index (χ0v) is 27.3. The first kappa shape index (κ1) is 34.4. The van der Waals surface area contributed by atoms with Gasteiger partial charge in [0.25, 0.3) is 0 Å². The number of allylic oxidation sites excluding steroid dienone is 1. The van der Waals surface area contributed by atoms with Gasteiger partial charge in [0.2, 0.25) is 0 Å². The van der Waals surface area contributed by atoms with Gasteiger partial charge in [-0.05, 0) is 61.8 Å². The molecule has 0 bridgehead atoms. The van der Waals surface area contributed by atoms with E-state index < -0.39 is 0 Å². The van der Waals surface area contributed by atoms with E-state index in [-0.39, 0.29) is 45.2 Å². The predicted molar refractivity (Wildman–Crippen MR) is 179 cm³/mol. The molecular weight excluding hydrogens is 560 g/mol. The van der Waals surface area contributed by atoms with Crippen molar-refractivity contribution in [1.82, 2.24) is 0 Å². The molecule has 0 saturated heterocycles. The molecule has 0 spiro atoms. The Morgan fingerprint density at radius 3 is 2.14 bits per heavy atom. The fourth-order valence-corrected chi connectivity index (χ4v) is 6.49. The molecular formula is C36H50O6S. The number of hydrogen-bond donors (Lipinski definition) is 4. The monoisotopic (exact) mass is 610 g/mol. The third-order valence-electron chi connectivity index (χ3n) is 8.22. The molecule has 7 heteroatoms. The van der Waals surface area contributed by atoms with Crippen LogP contribution < -0.4 is 5.43 Å². The molecule has 0 aliphatic heterocycles. The van der Waals surface area contributed by atoms with Gasteiger partial charge in [0.1, 0.15) is 11.5 Å². The van der Waals surface area contributed by atoms with Crippen molar-refractivity contribution in [2.75, 3.05) is 5.75 Å². The van der Waals surface area contributed by atoms with Crippen LogP contribution in [-0.2, 0) is 5.75 Å². The van der Waals surface area contributed by atoms with Crippen molar-refractivity contribution in [2.24, 2.45) is 17.8 Å². The maximum Gasteiger partial charge on any atom is 0.197 e. The van der Waals surface area contributed by atoms with E-state index in [0.29, 0.717) is 16.9 Å². The standard InChI is InChI=1S/C36H50O6S/c1-23(2)9-6-10-24(3)11-7-12-25(4)13-8-14-26(5)17-18-43-22-30-34(41)29-20-28(37)21-33(40)36(29)42-35(30)27-15-16-31(38)32(39)19-27/h15-17,19-21,23-25,37-40H,6-14,18,22H2,1-5H3/t24-,25-/m1/s1. The molecule has 4 N–H and O–H groups in total. The van der Waals surface area contributed by atoms with E-state index in [0.717, 1.165) is 36.0 Å². The molecule has 0 saturated carbocycles. The van der Waals surface area contributed by atoms with E-state index in [2.05, 4.69) is 40.7 Å². The summed E-state index contributed by atoms with van der Waals surface area (Å²) >= 11 is 1.57. The third-order valence-corrected chi connectivity index (χ3v) is 9.12. The second kappa shape index (κ2) is 16.7. The number of thioether (sulfide) groups is 1. The van der Waals surface area contributed by atoms with Gasteiger partial charge < -0.3 is 24.8 Å². The second-order valence-corrected chi connectivity index (χ2v) is 13.7. The largest absolute Gasteiger partial charge is 0.508 e. The van der Waals surface area contributed by atoms with Crippen LogP contribution in [0.3, 0.4) is 0 Å². The normalized spacial score (nSPS) is 13.6. The minimum Gasteiger partial charge on any atom is -0.508 e. The molecule has 43 heavy (non-hydrogen) atoms. The van der Waals surface area contributed by atoms with Crippen LogP contribution in [0.25, 0.3) is 22.3 Å². The van der Waals surface area contributed by atoms with Crippen molar-refractivity contribution in [3.05, 3.63) is 57.8 Å². The Hall–Kier alpha value is -3.06. The lowest BCUT2D eigenvalue weighted by atomic mass is 9.91. The summed E-state index contributed by atoms with van der Waals surface area (Å²) in [6.07, 6.45) is 13.7. The lowest BCUT2D eigenvalue weighted by molar-refractivity contribution is 0.389. The Balaban J connectivity index is 1.54. The van der Waals surface area contributed by atoms with Crippen LogP contribution in [0.5, 0.6) is 23.0 Å². The van der Waals surface area contributed by atoms with Crippen LogP contribution in [0, 0.1) is 17.8 Å². The van der Waals surface area contributed by atoms with Crippen molar-refractivity contribution in [3.63, 3.8) is 0 Å². The van der Waals surface area contributed by atoms with E-state index in [4.69, 9.17) is 4.42 Å². The molecule has 0 unspecified atom stereocenters. The summed E-state index contributed by atoms with van der Waals surface area (Å²) in [5, 5.41) is 40.2. The number of phenols is 4. The summed E-state index contributed by atoms with van der Waals surface area (Å²) in [7, 11) is 0. The van der Waals surface area contributed by atoms with Crippen LogP contribution in [0.2, 0.25) is 0 Å². The first-order chi connectivity index (χ1) is 20.5. The second-order valence-electron chi connectivity index (χ2n) is 12.7. The van der Waals surface area contributed by atoms with Crippen LogP contribution in [0.15, 0.2) is 51.2 Å². The topological polar surface area (TPSA) is 111 Å². The molecule has 0 aliphatic carbocycles. The van der Waals surface area contributed by atoms with Gasteiger partial charge in [0.15, 0.2) is 28.3 Å². The minimum absolute atomic E-state index is 0.0415. The van der Waals surface area contributed by atoms with Gasteiger partial charge in [-0.25, -0.2) is 0 Å². The molecule has 2 aromatic carbocycles. The summed E-state index contributed by atoms with van der Waals surface area (Å²) in [6.45, 7) is 11.5. The van der Waals surface area contributed by atoms with Crippen molar-refractivity contribution >= 4 is 22.7 Å². The van der Waals surface area contributed by atoms with Gasteiger partial charge in [0, 0.05) is 23.1 Å². The number of fused-ring (bicyclic) bond motifs is 1. The molecule has 3 rings (SSSR count). The number of rotatable bonds is 17. The van der Waals surface area contributed by atoms with Crippen molar-refractivity contribution in [1.29, 1.82) is 0 Å². The van der Waals surface area contributed by atoms with Gasteiger partial charge in [-0.15, -0.1) is 0 Å². The molecule has 1 heterocycles. The molecule has 0 radical (unpaired) electrons. The van der Waals surface area contributed by atoms with Gasteiger partial charge in [-0.3, -0.25) is 4.79 Å². The van der Waals surface area contributed by atoms with Crippen LogP contribution >= 0.6 is 11.8 Å². The highest BCUT2D eigenvalue weighted by Gasteiger charge is 2.20. The lowest BCUT2D eigenvalue weighted by Gasteiger charge is -2.15. The van der Waals surface area contributed by atoms with Crippen molar-refractivity contribution in [3.8, 4) is 34.3 Å². The molecule has 1 aromatic heterocycles. The first-order valence-electron chi connectivity index (χ1n) is 15.7. The summed E-state index contributed by atoms with van der Waals surface area (Å²) in [6, 6.07) is 6.59. The first-order valence-corrected chi connectivity index (χ1v) is 16.9. The third kappa shape index (κ3) is 10.6. The Morgan fingerprint density at radius 2 is 1.49 bits per heavy atom. The average Bonchev–Trinajstić information content (AvgIpc) is 2.93. The van der Waals surface area contributed by atoms with Gasteiger partial charge in [0.05, 0.1) is 10.9 Å². The van der Waals surface area contributed by atoms with Gasteiger partial charge in [-0.2, -0.15) is 11.8 Å². The highest BCUT2D eigenvalue weighted by atomic mass is 32.2. The zero-order valence-electron chi connectivity index (χ0n) is 26.5. The van der Waals surface area contributed by atoms with Gasteiger partial charge >= 0.3 is 0 Å². The van der Waals surface area contributed by atoms with Gasteiger partial charge in [-0.1, -0.05) is 84.3 Å². The molecule has 2 atom stereocenters. The Kier molecular flexibility index (Phi) is 13.4. The average molecular weight is 611 g/mol. The molecule has 0 amide bonds. The number of phenolic OH excluding ortho intramolecular Hbond substituents is 4. The summed E-state index contributed by atoms with van der Waals surface area (Å²) in [5.74, 6) is 2.44. The zero-order chi connectivity index (χ0) is 31.5. The highest BCUT2D eigenvalue weighted by Crippen LogP contribution is 2.37. The van der Waals surface area contributed by atoms with E-state index in [1.54, 1.807) is 17.8 Å². The fraction of sp³-hybridized carbons (Fsp3) is 0.528. The number of benzene rings is 2. The summed E-state index contributed by atoms with van der Waals surface area (Å²) in [5.41, 5.74) is 1.70. The number of aromatic hydroxyl groups is 4. The molecule has 0 fully saturated rings.